The highest BCUT2D eigenvalue weighted by molar-refractivity contribution is 6.09. The van der Waals surface area contributed by atoms with Gasteiger partial charge in [-0.15, -0.1) is 0 Å². The molecule has 0 radical (unpaired) electrons. The average Bonchev–Trinajstić information content (AvgIpc) is 2.79. The van der Waals surface area contributed by atoms with Gasteiger partial charge >= 0.3 is 0 Å². The lowest BCUT2D eigenvalue weighted by molar-refractivity contribution is -0.120. The molecular weight excluding hydrogens is 412 g/mol. The molecule has 5 heteroatoms. The topological polar surface area (TPSA) is 67.4 Å². The summed E-state index contributed by atoms with van der Waals surface area (Å²) < 4.78 is 5.39. The van der Waals surface area contributed by atoms with Gasteiger partial charge in [0.05, 0.1) is 7.11 Å². The summed E-state index contributed by atoms with van der Waals surface area (Å²) in [4.78, 5) is 25.6. The van der Waals surface area contributed by atoms with Crippen LogP contribution in [-0.4, -0.2) is 24.3 Å². The standard InChI is InChI=1S/C28H36N2O3/c1-6-8-9-19(7-2)27(32)29-22-13-10-20(11-14-22)26(31)17-25-24-16-23(33-5)15-12-21(24)18-28(3,4)30-25/h10-17,19,30H,6-9,18H2,1-5H3,(H,29,32)/b25-17-. The van der Waals surface area contributed by atoms with Gasteiger partial charge in [-0.1, -0.05) is 32.8 Å². The zero-order valence-corrected chi connectivity index (χ0v) is 20.5. The minimum absolute atomic E-state index is 0.0220. The molecule has 0 fully saturated rings. The molecule has 1 aliphatic heterocycles. The molecule has 1 atom stereocenters. The fourth-order valence-corrected chi connectivity index (χ4v) is 4.30. The van der Waals surface area contributed by atoms with Gasteiger partial charge in [-0.2, -0.15) is 0 Å². The van der Waals surface area contributed by atoms with E-state index >= 15 is 0 Å². The van der Waals surface area contributed by atoms with E-state index in [0.29, 0.717) is 11.3 Å². The van der Waals surface area contributed by atoms with Gasteiger partial charge in [0, 0.05) is 40.0 Å². The van der Waals surface area contributed by atoms with E-state index in [1.807, 2.05) is 19.1 Å². The molecule has 2 aromatic carbocycles. The number of anilines is 1. The van der Waals surface area contributed by atoms with Crippen molar-refractivity contribution in [3.8, 4) is 5.75 Å². The van der Waals surface area contributed by atoms with E-state index in [2.05, 4.69) is 37.5 Å². The summed E-state index contributed by atoms with van der Waals surface area (Å²) >= 11 is 0. The normalized spacial score (nSPS) is 16.5. The fraction of sp³-hybridized carbons (Fsp3) is 0.429. The molecular formula is C28H36N2O3. The molecule has 5 nitrogen and oxygen atoms in total. The van der Waals surface area contributed by atoms with E-state index in [4.69, 9.17) is 4.74 Å². The highest BCUT2D eigenvalue weighted by Gasteiger charge is 2.28. The number of fused-ring (bicyclic) bond motifs is 1. The number of ether oxygens (including phenoxy) is 1. The van der Waals surface area contributed by atoms with Gasteiger partial charge in [-0.3, -0.25) is 9.59 Å². The minimum Gasteiger partial charge on any atom is -0.497 e. The number of methoxy groups -OCH3 is 1. The second kappa shape index (κ2) is 10.7. The van der Waals surface area contributed by atoms with Crippen LogP contribution >= 0.6 is 0 Å². The molecule has 0 spiro atoms. The van der Waals surface area contributed by atoms with Gasteiger partial charge < -0.3 is 15.4 Å². The number of rotatable bonds is 9. The molecule has 33 heavy (non-hydrogen) atoms. The van der Waals surface area contributed by atoms with E-state index in [9.17, 15) is 9.59 Å². The van der Waals surface area contributed by atoms with Crippen LogP contribution in [0.15, 0.2) is 48.5 Å². The minimum atomic E-state index is -0.157. The van der Waals surface area contributed by atoms with Crippen LogP contribution in [0.1, 0.15) is 74.9 Å². The van der Waals surface area contributed by atoms with Crippen molar-refractivity contribution in [1.82, 2.24) is 5.32 Å². The van der Waals surface area contributed by atoms with Gasteiger partial charge in [-0.25, -0.2) is 0 Å². The number of hydrogen-bond acceptors (Lipinski definition) is 4. The zero-order chi connectivity index (χ0) is 24.0. The Hall–Kier alpha value is -3.08. The van der Waals surface area contributed by atoms with Crippen molar-refractivity contribution >= 4 is 23.1 Å². The summed E-state index contributed by atoms with van der Waals surface area (Å²) in [5.74, 6) is 0.745. The highest BCUT2D eigenvalue weighted by atomic mass is 16.5. The summed E-state index contributed by atoms with van der Waals surface area (Å²) in [5.41, 5.74) is 4.10. The van der Waals surface area contributed by atoms with Crippen molar-refractivity contribution in [2.45, 2.75) is 65.3 Å². The Morgan fingerprint density at radius 2 is 1.88 bits per heavy atom. The molecule has 0 aromatic heterocycles. The first-order chi connectivity index (χ1) is 15.8. The number of unbranched alkanes of at least 4 members (excludes halogenated alkanes) is 1. The lowest BCUT2D eigenvalue weighted by Gasteiger charge is -2.35. The Bertz CT molecular complexity index is 1020. The maximum Gasteiger partial charge on any atom is 0.227 e. The largest absolute Gasteiger partial charge is 0.497 e. The van der Waals surface area contributed by atoms with Gasteiger partial charge in [0.1, 0.15) is 5.75 Å². The number of ketones is 1. The quantitative estimate of drug-likeness (QED) is 0.365. The molecule has 0 bridgehead atoms. The fourth-order valence-electron chi connectivity index (χ4n) is 4.30. The SMILES string of the molecule is CCCCC(CC)C(=O)Nc1ccc(C(=O)/C=C2\NC(C)(C)Cc3ccc(OC)cc32)cc1. The molecule has 1 aliphatic rings. The predicted molar refractivity (Wildman–Crippen MR) is 135 cm³/mol. The summed E-state index contributed by atoms with van der Waals surface area (Å²) in [5, 5.41) is 6.50. The molecule has 0 aliphatic carbocycles. The summed E-state index contributed by atoms with van der Waals surface area (Å²) in [7, 11) is 1.64. The van der Waals surface area contributed by atoms with Crippen molar-refractivity contribution in [3.63, 3.8) is 0 Å². The zero-order valence-electron chi connectivity index (χ0n) is 20.5. The van der Waals surface area contributed by atoms with Crippen LogP contribution in [0.2, 0.25) is 0 Å². The predicted octanol–water partition coefficient (Wildman–Crippen LogP) is 6.00. The maximum atomic E-state index is 13.1. The Kier molecular flexibility index (Phi) is 7.96. The molecule has 0 saturated heterocycles. The van der Waals surface area contributed by atoms with Crippen LogP contribution in [0, 0.1) is 5.92 Å². The molecule has 1 heterocycles. The van der Waals surface area contributed by atoms with Crippen molar-refractivity contribution in [3.05, 3.63) is 65.2 Å². The molecule has 1 amide bonds. The van der Waals surface area contributed by atoms with Gasteiger partial charge in [0.2, 0.25) is 5.91 Å². The smallest absolute Gasteiger partial charge is 0.227 e. The second-order valence-electron chi connectivity index (χ2n) is 9.45. The van der Waals surface area contributed by atoms with E-state index in [1.165, 1.54) is 5.56 Å². The lowest BCUT2D eigenvalue weighted by Crippen LogP contribution is -2.43. The number of carbonyl (C=O) groups excluding carboxylic acids is 2. The maximum absolute atomic E-state index is 13.1. The number of hydrogen-bond donors (Lipinski definition) is 2. The van der Waals surface area contributed by atoms with E-state index in [-0.39, 0.29) is 23.1 Å². The van der Waals surface area contributed by atoms with Crippen LogP contribution in [0.25, 0.3) is 5.70 Å². The van der Waals surface area contributed by atoms with Gasteiger partial charge in [0.25, 0.3) is 0 Å². The number of allylic oxidation sites excluding steroid dienone is 1. The summed E-state index contributed by atoms with van der Waals surface area (Å²) in [6.07, 6.45) is 6.38. The summed E-state index contributed by atoms with van der Waals surface area (Å²) in [6, 6.07) is 13.1. The van der Waals surface area contributed by atoms with E-state index in [0.717, 1.165) is 49.1 Å². The van der Waals surface area contributed by atoms with Crippen molar-refractivity contribution in [1.29, 1.82) is 0 Å². The van der Waals surface area contributed by atoms with E-state index in [1.54, 1.807) is 37.5 Å². The Morgan fingerprint density at radius 1 is 1.15 bits per heavy atom. The van der Waals surface area contributed by atoms with Gasteiger partial charge in [-0.05, 0) is 75.1 Å². The number of amides is 1. The van der Waals surface area contributed by atoms with Crippen molar-refractivity contribution in [2.75, 3.05) is 12.4 Å². The van der Waals surface area contributed by atoms with Gasteiger partial charge in [0.15, 0.2) is 5.78 Å². The van der Waals surface area contributed by atoms with Crippen molar-refractivity contribution in [2.24, 2.45) is 5.92 Å². The van der Waals surface area contributed by atoms with Crippen LogP contribution in [0.4, 0.5) is 5.69 Å². The van der Waals surface area contributed by atoms with Crippen LogP contribution in [0.3, 0.4) is 0 Å². The molecule has 3 rings (SSSR count). The lowest BCUT2D eigenvalue weighted by atomic mass is 9.85. The third kappa shape index (κ3) is 6.25. The second-order valence-corrected chi connectivity index (χ2v) is 9.45. The molecule has 2 aromatic rings. The number of carbonyl (C=O) groups is 2. The van der Waals surface area contributed by atoms with Crippen LogP contribution in [-0.2, 0) is 11.2 Å². The molecule has 176 valence electrons. The third-order valence-corrected chi connectivity index (χ3v) is 6.19. The number of nitrogens with one attached hydrogen (secondary N) is 2. The van der Waals surface area contributed by atoms with Crippen LogP contribution in [0.5, 0.6) is 5.75 Å². The third-order valence-electron chi connectivity index (χ3n) is 6.19. The Labute approximate surface area is 197 Å². The Morgan fingerprint density at radius 3 is 2.52 bits per heavy atom. The number of benzene rings is 2. The Balaban J connectivity index is 1.77. The summed E-state index contributed by atoms with van der Waals surface area (Å²) in [6.45, 7) is 8.43. The first-order valence-corrected chi connectivity index (χ1v) is 11.9. The first kappa shape index (κ1) is 24.6. The monoisotopic (exact) mass is 448 g/mol. The molecule has 0 saturated carbocycles. The average molecular weight is 449 g/mol. The molecule has 2 N–H and O–H groups in total. The van der Waals surface area contributed by atoms with E-state index < -0.39 is 0 Å². The first-order valence-electron chi connectivity index (χ1n) is 11.9. The molecule has 1 unspecified atom stereocenters. The van der Waals surface area contributed by atoms with Crippen molar-refractivity contribution < 1.29 is 14.3 Å². The van der Waals surface area contributed by atoms with Crippen LogP contribution < -0.4 is 15.4 Å². The highest BCUT2D eigenvalue weighted by Crippen LogP contribution is 2.32.